The first kappa shape index (κ1) is 26.8. The average Bonchev–Trinajstić information content (AvgIpc) is 2.81. The number of aromatic nitrogens is 1. The number of primary amides is 1. The van der Waals surface area contributed by atoms with Crippen molar-refractivity contribution in [2.24, 2.45) is 11.7 Å². The Labute approximate surface area is 206 Å². The second-order valence-corrected chi connectivity index (χ2v) is 8.92. The second-order valence-electron chi connectivity index (χ2n) is 8.92. The molecule has 3 amide bonds. The largest absolute Gasteiger partial charge is 0.417 e. The number of nitrogens with zero attached hydrogens (tertiary/aromatic N) is 3. The number of benzene rings is 1. The van der Waals surface area contributed by atoms with Gasteiger partial charge in [-0.2, -0.15) is 13.2 Å². The molecule has 1 aliphatic heterocycles. The van der Waals surface area contributed by atoms with Gasteiger partial charge in [-0.1, -0.05) is 0 Å². The quantitative estimate of drug-likeness (QED) is 0.530. The molecule has 0 unspecified atom stereocenters. The van der Waals surface area contributed by atoms with Crippen molar-refractivity contribution in [1.82, 2.24) is 14.8 Å². The molecule has 0 aliphatic carbocycles. The molecule has 1 saturated heterocycles. The molecule has 1 aliphatic rings. The van der Waals surface area contributed by atoms with Gasteiger partial charge in [0.25, 0.3) is 11.8 Å². The Hall–Kier alpha value is -3.83. The van der Waals surface area contributed by atoms with E-state index in [2.05, 4.69) is 15.6 Å². The highest BCUT2D eigenvalue weighted by molar-refractivity contribution is 5.99. The van der Waals surface area contributed by atoms with Gasteiger partial charge >= 0.3 is 6.18 Å². The predicted octanol–water partition coefficient (Wildman–Crippen LogP) is 3.32. The highest BCUT2D eigenvalue weighted by Gasteiger charge is 2.36. The van der Waals surface area contributed by atoms with E-state index in [0.717, 1.165) is 29.9 Å². The van der Waals surface area contributed by atoms with Crippen LogP contribution >= 0.6 is 0 Å². The first-order valence-corrected chi connectivity index (χ1v) is 11.4. The molecule has 0 saturated carbocycles. The van der Waals surface area contributed by atoms with E-state index in [0.29, 0.717) is 25.3 Å². The first-order chi connectivity index (χ1) is 16.9. The molecule has 36 heavy (non-hydrogen) atoms. The fourth-order valence-electron chi connectivity index (χ4n) is 4.07. The Morgan fingerprint density at radius 2 is 1.92 bits per heavy atom. The predicted molar refractivity (Wildman–Crippen MR) is 129 cm³/mol. The van der Waals surface area contributed by atoms with E-state index in [1.807, 2.05) is 0 Å². The van der Waals surface area contributed by atoms with Crippen LogP contribution in [-0.2, 0) is 11.0 Å². The number of amides is 3. The number of likely N-dealkylation sites (tertiary alicyclic amines) is 1. The third-order valence-electron chi connectivity index (χ3n) is 5.95. The number of hydrogen-bond donors (Lipinski definition) is 3. The van der Waals surface area contributed by atoms with E-state index in [1.165, 1.54) is 39.3 Å². The van der Waals surface area contributed by atoms with Gasteiger partial charge in [0.1, 0.15) is 5.82 Å². The fraction of sp³-hybridized carbons (Fsp3) is 0.417. The summed E-state index contributed by atoms with van der Waals surface area (Å²) < 4.78 is 41.0. The summed E-state index contributed by atoms with van der Waals surface area (Å²) in [7, 11) is 2.75. The standard InChI is InChI=1S/C24H29F3N6O3/c1-14(34)33-8-4-5-15(13-33)11-29-20-10-21(30-12-18(20)22(28)35)31-16-6-7-17(23(36)32(2)3)19(9-16)24(25,26)27/h6-7,9-10,12,15H,4-5,8,11,13H2,1-3H3,(H2,28,35)(H2,29,30,31)/t15-/m1/s1. The Morgan fingerprint density at radius 1 is 1.19 bits per heavy atom. The number of alkyl halides is 3. The molecule has 1 fully saturated rings. The lowest BCUT2D eigenvalue weighted by Crippen LogP contribution is -2.40. The van der Waals surface area contributed by atoms with Crippen LogP contribution in [0.1, 0.15) is 46.0 Å². The molecule has 2 aromatic rings. The zero-order valence-corrected chi connectivity index (χ0v) is 20.3. The van der Waals surface area contributed by atoms with Gasteiger partial charge in [-0.15, -0.1) is 0 Å². The van der Waals surface area contributed by atoms with Crippen molar-refractivity contribution in [1.29, 1.82) is 0 Å². The number of piperidine rings is 1. The lowest BCUT2D eigenvalue weighted by molar-refractivity contribution is -0.138. The molecular weight excluding hydrogens is 477 g/mol. The third-order valence-corrected chi connectivity index (χ3v) is 5.95. The van der Waals surface area contributed by atoms with E-state index in [1.54, 1.807) is 4.90 Å². The summed E-state index contributed by atoms with van der Waals surface area (Å²) in [6.45, 7) is 3.28. The van der Waals surface area contributed by atoms with Crippen LogP contribution in [0, 0.1) is 5.92 Å². The molecule has 4 N–H and O–H groups in total. The number of halogens is 3. The summed E-state index contributed by atoms with van der Waals surface area (Å²) in [4.78, 5) is 42.7. The molecule has 1 aromatic carbocycles. The Bertz CT molecular complexity index is 1150. The van der Waals surface area contributed by atoms with Crippen molar-refractivity contribution in [2.75, 3.05) is 44.4 Å². The Kier molecular flexibility index (Phi) is 8.06. The summed E-state index contributed by atoms with van der Waals surface area (Å²) in [6.07, 6.45) is -1.74. The number of rotatable bonds is 7. The van der Waals surface area contributed by atoms with Crippen molar-refractivity contribution in [3.63, 3.8) is 0 Å². The maximum Gasteiger partial charge on any atom is 0.417 e. The molecule has 1 atom stereocenters. The molecule has 2 heterocycles. The minimum Gasteiger partial charge on any atom is -0.384 e. The molecule has 0 spiro atoms. The summed E-state index contributed by atoms with van der Waals surface area (Å²) in [6, 6.07) is 4.78. The van der Waals surface area contributed by atoms with Crippen LogP contribution in [0.25, 0.3) is 0 Å². The summed E-state index contributed by atoms with van der Waals surface area (Å²) in [5.41, 5.74) is 4.49. The van der Waals surface area contributed by atoms with Crippen LogP contribution in [0.2, 0.25) is 0 Å². The zero-order chi connectivity index (χ0) is 26.6. The van der Waals surface area contributed by atoms with Gasteiger partial charge < -0.3 is 26.2 Å². The zero-order valence-electron chi connectivity index (χ0n) is 20.3. The lowest BCUT2D eigenvalue weighted by atomic mass is 9.97. The number of carbonyl (C=O) groups excluding carboxylic acids is 3. The van der Waals surface area contributed by atoms with Crippen LogP contribution in [0.5, 0.6) is 0 Å². The number of nitrogens with two attached hydrogens (primary N) is 1. The van der Waals surface area contributed by atoms with E-state index in [9.17, 15) is 27.6 Å². The van der Waals surface area contributed by atoms with E-state index >= 15 is 0 Å². The monoisotopic (exact) mass is 506 g/mol. The van der Waals surface area contributed by atoms with Crippen molar-refractivity contribution in [3.8, 4) is 0 Å². The van der Waals surface area contributed by atoms with Gasteiger partial charge in [-0.3, -0.25) is 14.4 Å². The molecule has 0 bridgehead atoms. The Balaban J connectivity index is 1.83. The number of hydrogen-bond acceptors (Lipinski definition) is 6. The summed E-state index contributed by atoms with van der Waals surface area (Å²) >= 11 is 0. The van der Waals surface area contributed by atoms with Gasteiger partial charge in [-0.25, -0.2) is 4.98 Å². The highest BCUT2D eigenvalue weighted by atomic mass is 19.4. The highest BCUT2D eigenvalue weighted by Crippen LogP contribution is 2.35. The molecular formula is C24H29F3N6O3. The second kappa shape index (κ2) is 10.8. The van der Waals surface area contributed by atoms with Crippen molar-refractivity contribution < 1.29 is 27.6 Å². The normalized spacial score (nSPS) is 15.8. The smallest absolute Gasteiger partial charge is 0.384 e. The van der Waals surface area contributed by atoms with Crippen LogP contribution in [0.4, 0.5) is 30.4 Å². The van der Waals surface area contributed by atoms with Gasteiger partial charge in [0.2, 0.25) is 5.91 Å². The molecule has 9 nitrogen and oxygen atoms in total. The molecule has 194 valence electrons. The molecule has 1 aromatic heterocycles. The van der Waals surface area contributed by atoms with Crippen LogP contribution in [0.15, 0.2) is 30.5 Å². The van der Waals surface area contributed by atoms with Gasteiger partial charge in [0.05, 0.1) is 22.4 Å². The minimum absolute atomic E-state index is 0.00412. The van der Waals surface area contributed by atoms with E-state index in [-0.39, 0.29) is 28.9 Å². The number of anilines is 3. The lowest BCUT2D eigenvalue weighted by Gasteiger charge is -2.32. The molecule has 12 heteroatoms. The topological polar surface area (TPSA) is 121 Å². The molecule has 0 radical (unpaired) electrons. The van der Waals surface area contributed by atoms with E-state index < -0.39 is 29.1 Å². The number of nitrogens with one attached hydrogen (secondary N) is 2. The van der Waals surface area contributed by atoms with Crippen molar-refractivity contribution in [2.45, 2.75) is 25.9 Å². The fourth-order valence-corrected chi connectivity index (χ4v) is 4.07. The summed E-state index contributed by atoms with van der Waals surface area (Å²) in [5, 5.41) is 5.97. The number of pyridine rings is 1. The number of carbonyl (C=O) groups is 3. The van der Waals surface area contributed by atoms with Gasteiger partial charge in [0.15, 0.2) is 0 Å². The Morgan fingerprint density at radius 3 is 2.53 bits per heavy atom. The van der Waals surface area contributed by atoms with Crippen LogP contribution in [0.3, 0.4) is 0 Å². The van der Waals surface area contributed by atoms with Crippen molar-refractivity contribution >= 4 is 34.9 Å². The van der Waals surface area contributed by atoms with Gasteiger partial charge in [0, 0.05) is 58.6 Å². The first-order valence-electron chi connectivity index (χ1n) is 11.4. The summed E-state index contributed by atoms with van der Waals surface area (Å²) in [5.74, 6) is -1.14. The maximum atomic E-state index is 13.7. The SMILES string of the molecule is CC(=O)N1CCC[C@H](CNc2cc(Nc3ccc(C(=O)N(C)C)c(C(F)(F)F)c3)ncc2C(N)=O)C1. The third kappa shape index (κ3) is 6.43. The van der Waals surface area contributed by atoms with E-state index in [4.69, 9.17) is 5.73 Å². The van der Waals surface area contributed by atoms with Gasteiger partial charge in [-0.05, 0) is 37.0 Å². The van der Waals surface area contributed by atoms with Crippen LogP contribution < -0.4 is 16.4 Å². The molecule has 3 rings (SSSR count). The van der Waals surface area contributed by atoms with Crippen LogP contribution in [-0.4, -0.2) is 66.2 Å². The maximum absolute atomic E-state index is 13.7. The average molecular weight is 507 g/mol. The minimum atomic E-state index is -4.75. The van der Waals surface area contributed by atoms with Crippen molar-refractivity contribution in [3.05, 3.63) is 47.2 Å².